The molecule has 1 aliphatic rings. The van der Waals surface area contributed by atoms with Gasteiger partial charge in [-0.3, -0.25) is 9.59 Å². The molecule has 24 heavy (non-hydrogen) atoms. The van der Waals surface area contributed by atoms with Gasteiger partial charge in [0.25, 0.3) is 0 Å². The highest BCUT2D eigenvalue weighted by molar-refractivity contribution is 5.97. The van der Waals surface area contributed by atoms with Crippen LogP contribution in [0.4, 0.5) is 0 Å². The Morgan fingerprint density at radius 2 is 1.71 bits per heavy atom. The average Bonchev–Trinajstić information content (AvgIpc) is 2.56. The Kier molecular flexibility index (Phi) is 7.95. The number of amides is 2. The molecule has 0 aliphatic heterocycles. The molecule has 0 radical (unpaired) electrons. The van der Waals surface area contributed by atoms with Crippen molar-refractivity contribution in [1.29, 1.82) is 0 Å². The lowest BCUT2D eigenvalue weighted by Crippen LogP contribution is -2.52. The zero-order valence-corrected chi connectivity index (χ0v) is 14.9. The molecule has 2 amide bonds. The molecule has 0 aromatic carbocycles. The molecule has 0 aromatic heterocycles. The van der Waals surface area contributed by atoms with Gasteiger partial charge in [0.05, 0.1) is 5.92 Å². The number of rotatable bonds is 8. The van der Waals surface area contributed by atoms with E-state index in [-0.39, 0.29) is 23.3 Å². The summed E-state index contributed by atoms with van der Waals surface area (Å²) in [5.74, 6) is -2.40. The summed E-state index contributed by atoms with van der Waals surface area (Å²) in [4.78, 5) is 36.2. The van der Waals surface area contributed by atoms with Gasteiger partial charge >= 0.3 is 5.97 Å². The first kappa shape index (κ1) is 20.2. The van der Waals surface area contributed by atoms with Crippen molar-refractivity contribution in [2.45, 2.75) is 58.4 Å². The maximum atomic E-state index is 12.7. The summed E-state index contributed by atoms with van der Waals surface area (Å²) >= 11 is 0. The topological polar surface area (TPSA) is 95.5 Å². The summed E-state index contributed by atoms with van der Waals surface area (Å²) in [5, 5.41) is 14.6. The Morgan fingerprint density at radius 3 is 2.17 bits per heavy atom. The standard InChI is InChI=1S/C18H30N2O4/c1-11(2)10-14(12(3)18(23)24)16(21)20-15(17(22)19-4)13-8-6-5-7-9-13/h11,13-15H,3,5-10H2,1-2,4H3,(H,19,22)(H,20,21)(H,23,24)/t14-,15+/m1/s1. The molecule has 0 saturated heterocycles. The fraction of sp³-hybridized carbons (Fsp3) is 0.722. The second kappa shape index (κ2) is 9.45. The van der Waals surface area contributed by atoms with Gasteiger partial charge in [-0.1, -0.05) is 39.7 Å². The van der Waals surface area contributed by atoms with Crippen LogP contribution >= 0.6 is 0 Å². The first-order chi connectivity index (χ1) is 11.3. The lowest BCUT2D eigenvalue weighted by Gasteiger charge is -2.31. The van der Waals surface area contributed by atoms with Crippen molar-refractivity contribution in [3.8, 4) is 0 Å². The Balaban J connectivity index is 2.91. The van der Waals surface area contributed by atoms with Crippen LogP contribution in [0.3, 0.4) is 0 Å². The highest BCUT2D eigenvalue weighted by Crippen LogP contribution is 2.27. The number of carbonyl (C=O) groups excluding carboxylic acids is 2. The van der Waals surface area contributed by atoms with Gasteiger partial charge in [0.15, 0.2) is 0 Å². The molecule has 1 aliphatic carbocycles. The van der Waals surface area contributed by atoms with Crippen molar-refractivity contribution >= 4 is 17.8 Å². The highest BCUT2D eigenvalue weighted by Gasteiger charge is 2.34. The number of carboxylic acids is 1. The maximum Gasteiger partial charge on any atom is 0.331 e. The third-order valence-corrected chi connectivity index (χ3v) is 4.67. The Morgan fingerprint density at radius 1 is 1.12 bits per heavy atom. The van der Waals surface area contributed by atoms with E-state index < -0.39 is 23.8 Å². The molecule has 2 atom stereocenters. The van der Waals surface area contributed by atoms with E-state index in [1.807, 2.05) is 13.8 Å². The quantitative estimate of drug-likeness (QED) is 0.591. The van der Waals surface area contributed by atoms with Crippen LogP contribution in [0.1, 0.15) is 52.4 Å². The minimum Gasteiger partial charge on any atom is -0.478 e. The van der Waals surface area contributed by atoms with E-state index in [1.165, 1.54) is 0 Å². The molecule has 3 N–H and O–H groups in total. The lowest BCUT2D eigenvalue weighted by molar-refractivity contribution is -0.136. The Bertz CT molecular complexity index is 481. The average molecular weight is 338 g/mol. The number of likely N-dealkylation sites (N-methyl/N-ethyl adjacent to an activating group) is 1. The van der Waals surface area contributed by atoms with Gasteiger partial charge in [-0.15, -0.1) is 0 Å². The zero-order valence-electron chi connectivity index (χ0n) is 14.9. The molecular weight excluding hydrogens is 308 g/mol. The molecule has 1 rings (SSSR count). The van der Waals surface area contributed by atoms with E-state index in [2.05, 4.69) is 17.2 Å². The van der Waals surface area contributed by atoms with Gasteiger partial charge in [0, 0.05) is 12.6 Å². The number of hydrogen-bond acceptors (Lipinski definition) is 3. The van der Waals surface area contributed by atoms with Crippen LogP contribution in [0, 0.1) is 17.8 Å². The fourth-order valence-electron chi connectivity index (χ4n) is 3.30. The van der Waals surface area contributed by atoms with E-state index >= 15 is 0 Å². The third-order valence-electron chi connectivity index (χ3n) is 4.67. The van der Waals surface area contributed by atoms with Crippen LogP contribution in [-0.2, 0) is 14.4 Å². The largest absolute Gasteiger partial charge is 0.478 e. The van der Waals surface area contributed by atoms with Crippen molar-refractivity contribution in [2.75, 3.05) is 7.05 Å². The normalized spacial score (nSPS) is 17.8. The molecule has 1 saturated carbocycles. The SMILES string of the molecule is C=C(C(=O)O)[C@@H](CC(C)C)C(=O)N[C@H](C(=O)NC)C1CCCCC1. The van der Waals surface area contributed by atoms with Gasteiger partial charge < -0.3 is 15.7 Å². The van der Waals surface area contributed by atoms with Gasteiger partial charge in [-0.05, 0) is 31.1 Å². The van der Waals surface area contributed by atoms with Crippen LogP contribution in [0.25, 0.3) is 0 Å². The molecule has 1 fully saturated rings. The summed E-state index contributed by atoms with van der Waals surface area (Å²) in [5.41, 5.74) is -0.125. The summed E-state index contributed by atoms with van der Waals surface area (Å²) < 4.78 is 0. The first-order valence-electron chi connectivity index (χ1n) is 8.72. The van der Waals surface area contributed by atoms with E-state index in [0.29, 0.717) is 6.42 Å². The fourth-order valence-corrected chi connectivity index (χ4v) is 3.30. The Hall–Kier alpha value is -1.85. The van der Waals surface area contributed by atoms with Crippen LogP contribution in [0.2, 0.25) is 0 Å². The van der Waals surface area contributed by atoms with Crippen molar-refractivity contribution in [1.82, 2.24) is 10.6 Å². The van der Waals surface area contributed by atoms with Crippen LogP contribution in [-0.4, -0.2) is 36.0 Å². The monoisotopic (exact) mass is 338 g/mol. The van der Waals surface area contributed by atoms with Gasteiger partial charge in [-0.2, -0.15) is 0 Å². The number of carbonyl (C=O) groups is 3. The molecule has 0 bridgehead atoms. The van der Waals surface area contributed by atoms with Crippen molar-refractivity contribution in [3.63, 3.8) is 0 Å². The summed E-state index contributed by atoms with van der Waals surface area (Å²) in [6, 6.07) is -0.612. The van der Waals surface area contributed by atoms with Gasteiger partial charge in [0.2, 0.25) is 11.8 Å². The van der Waals surface area contributed by atoms with E-state index in [4.69, 9.17) is 0 Å². The number of hydrogen-bond donors (Lipinski definition) is 3. The molecule has 6 nitrogen and oxygen atoms in total. The second-order valence-electron chi connectivity index (χ2n) is 7.01. The van der Waals surface area contributed by atoms with Crippen LogP contribution in [0.15, 0.2) is 12.2 Å². The van der Waals surface area contributed by atoms with Gasteiger partial charge in [-0.25, -0.2) is 4.79 Å². The summed E-state index contributed by atoms with van der Waals surface area (Å²) in [6.07, 6.45) is 5.43. The first-order valence-corrected chi connectivity index (χ1v) is 8.72. The van der Waals surface area contributed by atoms with Crippen LogP contribution < -0.4 is 10.6 Å². The molecule has 0 spiro atoms. The smallest absolute Gasteiger partial charge is 0.331 e. The molecule has 0 heterocycles. The molecule has 0 unspecified atom stereocenters. The summed E-state index contributed by atoms with van der Waals surface area (Å²) in [7, 11) is 1.55. The predicted molar refractivity (Wildman–Crippen MR) is 92.3 cm³/mol. The number of nitrogens with one attached hydrogen (secondary N) is 2. The second-order valence-corrected chi connectivity index (χ2v) is 7.01. The minimum absolute atomic E-state index is 0.0976. The van der Waals surface area contributed by atoms with Crippen LogP contribution in [0.5, 0.6) is 0 Å². The Labute approximate surface area is 144 Å². The van der Waals surface area contributed by atoms with E-state index in [0.717, 1.165) is 32.1 Å². The molecule has 0 aromatic rings. The predicted octanol–water partition coefficient (Wildman–Crippen LogP) is 2.10. The molecule has 6 heteroatoms. The summed E-state index contributed by atoms with van der Waals surface area (Å²) in [6.45, 7) is 7.40. The van der Waals surface area contributed by atoms with E-state index in [9.17, 15) is 19.5 Å². The minimum atomic E-state index is -1.18. The number of carboxylic acid groups (broad SMARTS) is 1. The van der Waals surface area contributed by atoms with E-state index in [1.54, 1.807) is 7.05 Å². The van der Waals surface area contributed by atoms with Crippen molar-refractivity contribution in [2.24, 2.45) is 17.8 Å². The van der Waals surface area contributed by atoms with Crippen molar-refractivity contribution < 1.29 is 19.5 Å². The molecular formula is C18H30N2O4. The highest BCUT2D eigenvalue weighted by atomic mass is 16.4. The van der Waals surface area contributed by atoms with Gasteiger partial charge in [0.1, 0.15) is 6.04 Å². The zero-order chi connectivity index (χ0) is 18.3. The molecule has 136 valence electrons. The number of aliphatic carboxylic acids is 1. The van der Waals surface area contributed by atoms with Crippen molar-refractivity contribution in [3.05, 3.63) is 12.2 Å². The lowest BCUT2D eigenvalue weighted by atomic mass is 9.82. The maximum absolute atomic E-state index is 12.7. The third kappa shape index (κ3) is 5.65.